The van der Waals surface area contributed by atoms with E-state index in [2.05, 4.69) is 5.32 Å². The number of fused-ring (bicyclic) bond motifs is 1. The fourth-order valence-electron chi connectivity index (χ4n) is 2.96. The lowest BCUT2D eigenvalue weighted by Crippen LogP contribution is -2.31. The summed E-state index contributed by atoms with van der Waals surface area (Å²) >= 11 is 1.54. The molecule has 0 radical (unpaired) electrons. The highest BCUT2D eigenvalue weighted by Gasteiger charge is 2.15. The summed E-state index contributed by atoms with van der Waals surface area (Å²) in [5, 5.41) is 3.07. The number of carbonyl (C=O) groups is 1. The van der Waals surface area contributed by atoms with Gasteiger partial charge in [0.25, 0.3) is 0 Å². The lowest BCUT2D eigenvalue weighted by atomic mass is 9.89. The molecule has 1 fully saturated rings. The third-order valence-electron chi connectivity index (χ3n) is 4.20. The highest BCUT2D eigenvalue weighted by molar-refractivity contribution is 8.00. The average molecular weight is 321 g/mol. The summed E-state index contributed by atoms with van der Waals surface area (Å²) in [5.41, 5.74) is 0. The molecule has 0 aromatic heterocycles. The summed E-state index contributed by atoms with van der Waals surface area (Å²) in [6.07, 6.45) is 6.49. The first-order valence-electron chi connectivity index (χ1n) is 8.10. The molecular weight excluding hydrogens is 298 g/mol. The average Bonchev–Trinajstić information content (AvgIpc) is 2.59. The third kappa shape index (κ3) is 4.32. The highest BCUT2D eigenvalue weighted by Crippen LogP contribution is 2.34. The van der Waals surface area contributed by atoms with Crippen molar-refractivity contribution in [2.75, 3.05) is 25.5 Å². The molecule has 1 aromatic carbocycles. The van der Waals surface area contributed by atoms with Crippen LogP contribution in [0, 0.1) is 5.92 Å². The molecule has 1 saturated carbocycles. The molecular formula is C17H23NO3S. The SMILES string of the molecule is O=C(CSc1ccc2c(c1)OCCO2)NCC1CCCCC1. The Bertz CT molecular complexity index is 515. The van der Waals surface area contributed by atoms with Gasteiger partial charge in [0.2, 0.25) is 5.91 Å². The minimum Gasteiger partial charge on any atom is -0.486 e. The second-order valence-corrected chi connectivity index (χ2v) is 6.95. The van der Waals surface area contributed by atoms with Crippen molar-refractivity contribution in [3.05, 3.63) is 18.2 Å². The van der Waals surface area contributed by atoms with Crippen LogP contribution in [0.2, 0.25) is 0 Å². The van der Waals surface area contributed by atoms with E-state index < -0.39 is 0 Å². The van der Waals surface area contributed by atoms with Crippen LogP contribution < -0.4 is 14.8 Å². The Morgan fingerprint density at radius 3 is 2.73 bits per heavy atom. The molecule has 1 aliphatic heterocycles. The van der Waals surface area contributed by atoms with Gasteiger partial charge in [-0.2, -0.15) is 0 Å². The van der Waals surface area contributed by atoms with Crippen LogP contribution in [0.15, 0.2) is 23.1 Å². The van der Waals surface area contributed by atoms with Gasteiger partial charge in [-0.05, 0) is 37.0 Å². The maximum absolute atomic E-state index is 12.0. The summed E-state index contributed by atoms with van der Waals surface area (Å²) in [6, 6.07) is 5.84. The highest BCUT2D eigenvalue weighted by atomic mass is 32.2. The quantitative estimate of drug-likeness (QED) is 0.846. The number of rotatable bonds is 5. The molecule has 1 amide bonds. The fourth-order valence-corrected chi connectivity index (χ4v) is 3.72. The molecule has 3 rings (SSSR count). The minimum atomic E-state index is 0.116. The van der Waals surface area contributed by atoms with Gasteiger partial charge in [-0.15, -0.1) is 11.8 Å². The molecule has 2 aliphatic rings. The molecule has 5 heteroatoms. The summed E-state index contributed by atoms with van der Waals surface area (Å²) < 4.78 is 11.1. The van der Waals surface area contributed by atoms with Gasteiger partial charge < -0.3 is 14.8 Å². The third-order valence-corrected chi connectivity index (χ3v) is 5.19. The Kier molecular flexibility index (Phi) is 5.48. The molecule has 22 heavy (non-hydrogen) atoms. The molecule has 0 saturated heterocycles. The van der Waals surface area contributed by atoms with E-state index in [0.29, 0.717) is 24.9 Å². The van der Waals surface area contributed by atoms with Crippen molar-refractivity contribution in [2.45, 2.75) is 37.0 Å². The lowest BCUT2D eigenvalue weighted by Gasteiger charge is -2.21. The van der Waals surface area contributed by atoms with Gasteiger partial charge in [-0.3, -0.25) is 4.79 Å². The molecule has 4 nitrogen and oxygen atoms in total. The summed E-state index contributed by atoms with van der Waals surface area (Å²) in [4.78, 5) is 13.0. The molecule has 1 aliphatic carbocycles. The van der Waals surface area contributed by atoms with Crippen molar-refractivity contribution in [2.24, 2.45) is 5.92 Å². The van der Waals surface area contributed by atoms with Crippen molar-refractivity contribution < 1.29 is 14.3 Å². The van der Waals surface area contributed by atoms with Crippen LogP contribution in [0.1, 0.15) is 32.1 Å². The zero-order chi connectivity index (χ0) is 15.2. The first-order chi connectivity index (χ1) is 10.8. The lowest BCUT2D eigenvalue weighted by molar-refractivity contribution is -0.118. The number of hydrogen-bond donors (Lipinski definition) is 1. The minimum absolute atomic E-state index is 0.116. The van der Waals surface area contributed by atoms with Crippen LogP contribution in [0.3, 0.4) is 0 Å². The topological polar surface area (TPSA) is 47.6 Å². The molecule has 0 atom stereocenters. The zero-order valence-electron chi connectivity index (χ0n) is 12.8. The van der Waals surface area contributed by atoms with Crippen LogP contribution in [0.25, 0.3) is 0 Å². The smallest absolute Gasteiger partial charge is 0.230 e. The monoisotopic (exact) mass is 321 g/mol. The van der Waals surface area contributed by atoms with E-state index >= 15 is 0 Å². The molecule has 1 N–H and O–H groups in total. The summed E-state index contributed by atoms with van der Waals surface area (Å²) in [5.74, 6) is 2.81. The largest absolute Gasteiger partial charge is 0.486 e. The maximum atomic E-state index is 12.0. The van der Waals surface area contributed by atoms with E-state index in [1.54, 1.807) is 11.8 Å². The number of benzene rings is 1. The molecule has 0 bridgehead atoms. The standard InChI is InChI=1S/C17H23NO3S/c19-17(18-11-13-4-2-1-3-5-13)12-22-14-6-7-15-16(10-14)21-9-8-20-15/h6-7,10,13H,1-5,8-9,11-12H2,(H,18,19). The van der Waals surface area contributed by atoms with Gasteiger partial charge in [0.1, 0.15) is 13.2 Å². The normalized spacial score (nSPS) is 18.0. The second kappa shape index (κ2) is 7.77. The Hall–Kier alpha value is -1.36. The van der Waals surface area contributed by atoms with Gasteiger partial charge in [0.05, 0.1) is 5.75 Å². The number of amides is 1. The zero-order valence-corrected chi connectivity index (χ0v) is 13.6. The number of carbonyl (C=O) groups excluding carboxylic acids is 1. The van der Waals surface area contributed by atoms with Crippen molar-refractivity contribution in [3.63, 3.8) is 0 Å². The fraction of sp³-hybridized carbons (Fsp3) is 0.588. The van der Waals surface area contributed by atoms with Crippen LogP contribution in [-0.2, 0) is 4.79 Å². The first-order valence-corrected chi connectivity index (χ1v) is 9.09. The first kappa shape index (κ1) is 15.5. The van der Waals surface area contributed by atoms with Gasteiger partial charge in [-0.1, -0.05) is 19.3 Å². The molecule has 0 spiro atoms. The van der Waals surface area contributed by atoms with Gasteiger partial charge >= 0.3 is 0 Å². The molecule has 0 unspecified atom stereocenters. The van der Waals surface area contributed by atoms with Crippen molar-refractivity contribution >= 4 is 17.7 Å². The maximum Gasteiger partial charge on any atom is 0.230 e. The summed E-state index contributed by atoms with van der Waals surface area (Å²) in [6.45, 7) is 2.02. The van der Waals surface area contributed by atoms with E-state index in [0.717, 1.165) is 22.9 Å². The number of nitrogens with one attached hydrogen (secondary N) is 1. The van der Waals surface area contributed by atoms with Crippen molar-refractivity contribution in [3.8, 4) is 11.5 Å². The van der Waals surface area contributed by atoms with E-state index in [9.17, 15) is 4.79 Å². The van der Waals surface area contributed by atoms with Gasteiger partial charge in [0.15, 0.2) is 11.5 Å². The number of hydrogen-bond acceptors (Lipinski definition) is 4. The number of ether oxygens (including phenoxy) is 2. The van der Waals surface area contributed by atoms with E-state index in [-0.39, 0.29) is 5.91 Å². The van der Waals surface area contributed by atoms with Gasteiger partial charge in [-0.25, -0.2) is 0 Å². The Labute approximate surface area is 135 Å². The van der Waals surface area contributed by atoms with Crippen molar-refractivity contribution in [1.29, 1.82) is 0 Å². The van der Waals surface area contributed by atoms with Crippen LogP contribution >= 0.6 is 11.8 Å². The van der Waals surface area contributed by atoms with E-state index in [1.807, 2.05) is 18.2 Å². The van der Waals surface area contributed by atoms with Gasteiger partial charge in [0, 0.05) is 11.4 Å². The molecule has 1 heterocycles. The van der Waals surface area contributed by atoms with Crippen LogP contribution in [0.4, 0.5) is 0 Å². The Balaban J connectivity index is 1.42. The Morgan fingerprint density at radius 2 is 1.91 bits per heavy atom. The summed E-state index contributed by atoms with van der Waals surface area (Å²) in [7, 11) is 0. The predicted molar refractivity (Wildman–Crippen MR) is 87.7 cm³/mol. The number of thioether (sulfide) groups is 1. The molecule has 1 aromatic rings. The van der Waals surface area contributed by atoms with Crippen LogP contribution in [-0.4, -0.2) is 31.4 Å². The predicted octanol–water partition coefficient (Wildman–Crippen LogP) is 3.25. The van der Waals surface area contributed by atoms with E-state index in [1.165, 1.54) is 32.1 Å². The van der Waals surface area contributed by atoms with E-state index in [4.69, 9.17) is 9.47 Å². The van der Waals surface area contributed by atoms with Crippen molar-refractivity contribution in [1.82, 2.24) is 5.32 Å². The van der Waals surface area contributed by atoms with Crippen LogP contribution in [0.5, 0.6) is 11.5 Å². The molecule has 120 valence electrons. The Morgan fingerprint density at radius 1 is 1.14 bits per heavy atom. The second-order valence-electron chi connectivity index (χ2n) is 5.90.